The molecule has 7 heteroatoms. The van der Waals surface area contributed by atoms with Gasteiger partial charge in [0.15, 0.2) is 18.1 Å². The first-order valence-corrected chi connectivity index (χ1v) is 10.6. The average Bonchev–Trinajstić information content (AvgIpc) is 2.72. The van der Waals surface area contributed by atoms with E-state index >= 15 is 0 Å². The normalized spacial score (nSPS) is 22.6. The molecule has 6 nitrogen and oxygen atoms in total. The molecular weight excluding hydrogens is 414 g/mol. The summed E-state index contributed by atoms with van der Waals surface area (Å²) in [7, 11) is 1.61. The molecule has 1 amide bonds. The fourth-order valence-electron chi connectivity index (χ4n) is 4.98. The van der Waals surface area contributed by atoms with Crippen LogP contribution < -0.4 is 20.9 Å². The Morgan fingerprint density at radius 1 is 1.16 bits per heavy atom. The summed E-state index contributed by atoms with van der Waals surface area (Å²) >= 11 is 0. The van der Waals surface area contributed by atoms with E-state index < -0.39 is 5.91 Å². The van der Waals surface area contributed by atoms with Crippen LogP contribution in [0.15, 0.2) is 30.3 Å². The first-order chi connectivity index (χ1) is 14.4. The van der Waals surface area contributed by atoms with Gasteiger partial charge in [-0.05, 0) is 61.1 Å². The van der Waals surface area contributed by atoms with Crippen LogP contribution in [0.1, 0.15) is 46.2 Å². The Morgan fingerprint density at radius 3 is 2.65 bits per heavy atom. The summed E-state index contributed by atoms with van der Waals surface area (Å²) in [6, 6.07) is 11.1. The molecule has 2 aromatic carbocycles. The predicted octanol–water partition coefficient (Wildman–Crippen LogP) is 3.01. The van der Waals surface area contributed by atoms with E-state index in [0.29, 0.717) is 17.4 Å². The van der Waals surface area contributed by atoms with Gasteiger partial charge in [-0.2, -0.15) is 0 Å². The maximum atomic E-state index is 11.1. The van der Waals surface area contributed by atoms with E-state index in [2.05, 4.69) is 36.9 Å². The fourth-order valence-corrected chi connectivity index (χ4v) is 4.98. The highest BCUT2D eigenvalue weighted by Gasteiger charge is 2.39. The van der Waals surface area contributed by atoms with Crippen molar-refractivity contribution in [2.24, 2.45) is 11.5 Å². The van der Waals surface area contributed by atoms with Crippen molar-refractivity contribution in [1.29, 1.82) is 0 Å². The molecule has 4 rings (SSSR count). The van der Waals surface area contributed by atoms with E-state index in [0.717, 1.165) is 25.9 Å². The van der Waals surface area contributed by atoms with Gasteiger partial charge in [-0.15, -0.1) is 12.4 Å². The minimum absolute atomic E-state index is 0. The second-order valence-corrected chi connectivity index (χ2v) is 8.58. The predicted molar refractivity (Wildman–Crippen MR) is 124 cm³/mol. The van der Waals surface area contributed by atoms with Crippen LogP contribution >= 0.6 is 12.4 Å². The summed E-state index contributed by atoms with van der Waals surface area (Å²) in [6.45, 7) is 6.09. The number of carbonyl (C=O) groups is 1. The molecule has 2 aliphatic rings. The summed E-state index contributed by atoms with van der Waals surface area (Å²) in [6.07, 6.45) is 1.83. The first kappa shape index (κ1) is 23.4. The van der Waals surface area contributed by atoms with Gasteiger partial charge in [0.05, 0.1) is 7.11 Å². The zero-order chi connectivity index (χ0) is 21.4. The Labute approximate surface area is 190 Å². The molecule has 0 bridgehead atoms. The number of hydrogen-bond donors (Lipinski definition) is 2. The highest BCUT2D eigenvalue weighted by atomic mass is 35.5. The van der Waals surface area contributed by atoms with Crippen molar-refractivity contribution < 1.29 is 14.3 Å². The molecule has 3 atom stereocenters. The van der Waals surface area contributed by atoms with E-state index in [-0.39, 0.29) is 31.1 Å². The largest absolute Gasteiger partial charge is 0.493 e. The molecule has 2 heterocycles. The fraction of sp³-hybridized carbons (Fsp3) is 0.458. The number of aryl methyl sites for hydroxylation is 2. The Morgan fingerprint density at radius 2 is 1.94 bits per heavy atom. The molecule has 31 heavy (non-hydrogen) atoms. The molecule has 0 aliphatic carbocycles. The molecule has 168 valence electrons. The maximum absolute atomic E-state index is 11.1. The number of methoxy groups -OCH3 is 1. The van der Waals surface area contributed by atoms with Crippen molar-refractivity contribution in [2.45, 2.75) is 44.7 Å². The van der Waals surface area contributed by atoms with Gasteiger partial charge in [0.2, 0.25) is 0 Å². The number of amides is 1. The number of piperidine rings is 1. The SMILES string of the molecule is COc1cc2c(cc1OCC(N)=O)CCN1C[C@@H](c3cc(C)ccc3C)[C@H](N)C[C@H]21.Cl. The van der Waals surface area contributed by atoms with Crippen molar-refractivity contribution in [3.05, 3.63) is 58.1 Å². The topological polar surface area (TPSA) is 90.8 Å². The van der Waals surface area contributed by atoms with Gasteiger partial charge in [-0.1, -0.05) is 23.8 Å². The van der Waals surface area contributed by atoms with Gasteiger partial charge in [0, 0.05) is 31.1 Å². The van der Waals surface area contributed by atoms with E-state index in [1.165, 1.54) is 27.8 Å². The molecule has 0 saturated carbocycles. The van der Waals surface area contributed by atoms with Gasteiger partial charge in [0.25, 0.3) is 5.91 Å². The zero-order valence-electron chi connectivity index (χ0n) is 18.4. The lowest BCUT2D eigenvalue weighted by molar-refractivity contribution is -0.119. The van der Waals surface area contributed by atoms with Crippen molar-refractivity contribution >= 4 is 18.3 Å². The van der Waals surface area contributed by atoms with Crippen molar-refractivity contribution in [3.63, 3.8) is 0 Å². The van der Waals surface area contributed by atoms with Gasteiger partial charge in [0.1, 0.15) is 0 Å². The number of nitrogens with two attached hydrogens (primary N) is 2. The quantitative estimate of drug-likeness (QED) is 0.738. The number of halogens is 1. The smallest absolute Gasteiger partial charge is 0.255 e. The van der Waals surface area contributed by atoms with Crippen LogP contribution in [0.25, 0.3) is 0 Å². The van der Waals surface area contributed by atoms with Crippen molar-refractivity contribution in [2.75, 3.05) is 26.8 Å². The minimum atomic E-state index is -0.503. The molecule has 2 aromatic rings. The number of hydrogen-bond acceptors (Lipinski definition) is 5. The van der Waals surface area contributed by atoms with Crippen LogP contribution in [-0.2, 0) is 11.2 Å². The Balaban J connectivity index is 0.00000272. The number of fused-ring (bicyclic) bond motifs is 3. The lowest BCUT2D eigenvalue weighted by Gasteiger charge is -2.46. The lowest BCUT2D eigenvalue weighted by Crippen LogP contribution is -2.49. The van der Waals surface area contributed by atoms with Crippen LogP contribution in [0.2, 0.25) is 0 Å². The minimum Gasteiger partial charge on any atom is -0.493 e. The highest BCUT2D eigenvalue weighted by molar-refractivity contribution is 5.85. The Kier molecular flexibility index (Phi) is 7.14. The Bertz CT molecular complexity index is 965. The summed E-state index contributed by atoms with van der Waals surface area (Å²) in [5.74, 6) is 1.03. The number of rotatable bonds is 5. The molecule has 1 fully saturated rings. The third kappa shape index (κ3) is 4.66. The average molecular weight is 446 g/mol. The van der Waals surface area contributed by atoms with E-state index in [9.17, 15) is 4.79 Å². The van der Waals surface area contributed by atoms with Crippen molar-refractivity contribution in [1.82, 2.24) is 4.90 Å². The Hall–Kier alpha value is -2.28. The second-order valence-electron chi connectivity index (χ2n) is 8.58. The summed E-state index contributed by atoms with van der Waals surface area (Å²) < 4.78 is 11.1. The van der Waals surface area contributed by atoms with Crippen LogP contribution in [0.4, 0.5) is 0 Å². The summed E-state index contributed by atoms with van der Waals surface area (Å²) in [5, 5.41) is 0. The van der Waals surface area contributed by atoms with Crippen LogP contribution in [-0.4, -0.2) is 43.7 Å². The van der Waals surface area contributed by atoms with Gasteiger partial charge in [-0.3, -0.25) is 9.69 Å². The van der Waals surface area contributed by atoms with Gasteiger partial charge >= 0.3 is 0 Å². The maximum Gasteiger partial charge on any atom is 0.255 e. The van der Waals surface area contributed by atoms with Crippen LogP contribution in [0.3, 0.4) is 0 Å². The highest BCUT2D eigenvalue weighted by Crippen LogP contribution is 2.44. The number of benzene rings is 2. The third-order valence-electron chi connectivity index (χ3n) is 6.54. The number of nitrogens with zero attached hydrogens (tertiary/aromatic N) is 1. The molecular formula is C24H32ClN3O3. The standard InChI is InChI=1S/C24H31N3O3.ClH/c1-14-4-5-15(2)17(8-14)19-12-27-7-6-16-9-23(30-13-24(26)28)22(29-3)10-18(16)21(27)11-20(19)25;/h4-5,8-10,19-21H,6-7,11-13,25H2,1-3H3,(H2,26,28);1H/t19-,20+,21+;/m0./s1. The zero-order valence-corrected chi connectivity index (χ0v) is 19.2. The van der Waals surface area contributed by atoms with E-state index in [1.54, 1.807) is 7.11 Å². The molecule has 2 aliphatic heterocycles. The number of carbonyl (C=O) groups excluding carboxylic acids is 1. The van der Waals surface area contributed by atoms with Gasteiger partial charge < -0.3 is 20.9 Å². The third-order valence-corrected chi connectivity index (χ3v) is 6.54. The van der Waals surface area contributed by atoms with Gasteiger partial charge in [-0.25, -0.2) is 0 Å². The molecule has 1 saturated heterocycles. The monoisotopic (exact) mass is 445 g/mol. The summed E-state index contributed by atoms with van der Waals surface area (Å²) in [4.78, 5) is 13.7. The van der Waals surface area contributed by atoms with Crippen molar-refractivity contribution in [3.8, 4) is 11.5 Å². The molecule has 4 N–H and O–H groups in total. The summed E-state index contributed by atoms with van der Waals surface area (Å²) in [5.41, 5.74) is 18.4. The second kappa shape index (κ2) is 9.47. The molecule has 0 aromatic heterocycles. The molecule has 0 radical (unpaired) electrons. The first-order valence-electron chi connectivity index (χ1n) is 10.6. The van der Waals surface area contributed by atoms with E-state index in [1.807, 2.05) is 12.1 Å². The van der Waals surface area contributed by atoms with Crippen LogP contribution in [0.5, 0.6) is 11.5 Å². The van der Waals surface area contributed by atoms with Crippen LogP contribution in [0, 0.1) is 13.8 Å². The number of primary amides is 1. The number of ether oxygens (including phenoxy) is 2. The molecule has 0 unspecified atom stereocenters. The molecule has 0 spiro atoms. The van der Waals surface area contributed by atoms with E-state index in [4.69, 9.17) is 20.9 Å². The lowest BCUT2D eigenvalue weighted by atomic mass is 9.77.